The second-order valence-corrected chi connectivity index (χ2v) is 8.38. The molecule has 1 amide bonds. The first kappa shape index (κ1) is 16.8. The topological polar surface area (TPSA) is 57.6 Å². The summed E-state index contributed by atoms with van der Waals surface area (Å²) >= 11 is 4.96. The first-order chi connectivity index (χ1) is 11.0. The summed E-state index contributed by atoms with van der Waals surface area (Å²) in [5, 5.41) is 9.38. The molecular formula is C17H20BrNO3S. The number of likely N-dealkylation sites (tertiary alicyclic amines) is 1. The van der Waals surface area contributed by atoms with E-state index in [4.69, 9.17) is 0 Å². The highest BCUT2D eigenvalue weighted by Crippen LogP contribution is 2.44. The molecule has 1 aliphatic carbocycles. The molecule has 124 valence electrons. The maximum atomic E-state index is 12.5. The number of carboxylic acid groups (broad SMARTS) is 1. The van der Waals surface area contributed by atoms with Crippen molar-refractivity contribution >= 4 is 39.6 Å². The summed E-state index contributed by atoms with van der Waals surface area (Å²) in [5.41, 5.74) is 1.14. The van der Waals surface area contributed by atoms with Gasteiger partial charge in [-0.2, -0.15) is 0 Å². The number of thioether (sulfide) groups is 1. The number of carbonyl (C=O) groups excluding carboxylic acids is 1. The van der Waals surface area contributed by atoms with Gasteiger partial charge in [-0.1, -0.05) is 15.9 Å². The Kier molecular flexibility index (Phi) is 5.01. The SMILES string of the molecule is Cc1cc(Br)ccc1SCC(=O)N1C[C@H](C(=O)O)[C@@H](C2CC2)C1. The quantitative estimate of drug-likeness (QED) is 0.773. The lowest BCUT2D eigenvalue weighted by Gasteiger charge is -2.16. The predicted octanol–water partition coefficient (Wildman–Crippen LogP) is 3.42. The summed E-state index contributed by atoms with van der Waals surface area (Å²) in [6.45, 7) is 3.01. The fourth-order valence-corrected chi connectivity index (χ4v) is 4.69. The van der Waals surface area contributed by atoms with E-state index in [2.05, 4.69) is 15.9 Å². The van der Waals surface area contributed by atoms with Gasteiger partial charge in [0.05, 0.1) is 11.7 Å². The maximum absolute atomic E-state index is 12.5. The third kappa shape index (κ3) is 3.91. The Morgan fingerprint density at radius 2 is 2.09 bits per heavy atom. The largest absolute Gasteiger partial charge is 0.481 e. The lowest BCUT2D eigenvalue weighted by Crippen LogP contribution is -2.31. The van der Waals surface area contributed by atoms with E-state index in [0.717, 1.165) is 27.8 Å². The summed E-state index contributed by atoms with van der Waals surface area (Å²) in [6.07, 6.45) is 2.23. The van der Waals surface area contributed by atoms with Crippen molar-refractivity contribution in [2.24, 2.45) is 17.8 Å². The van der Waals surface area contributed by atoms with Crippen LogP contribution in [-0.2, 0) is 9.59 Å². The summed E-state index contributed by atoms with van der Waals surface area (Å²) in [5.74, 6) is -0.0658. The molecule has 2 fully saturated rings. The molecule has 23 heavy (non-hydrogen) atoms. The van der Waals surface area contributed by atoms with Crippen LogP contribution in [0.1, 0.15) is 18.4 Å². The zero-order valence-corrected chi connectivity index (χ0v) is 15.4. The number of rotatable bonds is 5. The molecule has 4 nitrogen and oxygen atoms in total. The highest BCUT2D eigenvalue weighted by atomic mass is 79.9. The molecule has 0 bridgehead atoms. The van der Waals surface area contributed by atoms with Gasteiger partial charge in [-0.05, 0) is 55.4 Å². The van der Waals surface area contributed by atoms with Gasteiger partial charge in [-0.25, -0.2) is 0 Å². The normalized spacial score (nSPS) is 24.0. The van der Waals surface area contributed by atoms with Crippen LogP contribution in [0.15, 0.2) is 27.6 Å². The van der Waals surface area contributed by atoms with E-state index < -0.39 is 5.97 Å². The first-order valence-corrected chi connectivity index (χ1v) is 9.63. The van der Waals surface area contributed by atoms with Gasteiger partial charge in [0.2, 0.25) is 5.91 Å². The third-order valence-electron chi connectivity index (χ3n) is 4.75. The van der Waals surface area contributed by atoms with Crippen LogP contribution in [0.5, 0.6) is 0 Å². The number of aryl methyl sites for hydroxylation is 1. The van der Waals surface area contributed by atoms with Gasteiger partial charge in [-0.3, -0.25) is 9.59 Å². The van der Waals surface area contributed by atoms with E-state index in [-0.39, 0.29) is 17.7 Å². The van der Waals surface area contributed by atoms with Crippen LogP contribution in [0, 0.1) is 24.7 Å². The lowest BCUT2D eigenvalue weighted by atomic mass is 9.92. The summed E-state index contributed by atoms with van der Waals surface area (Å²) in [4.78, 5) is 26.7. The van der Waals surface area contributed by atoms with Crippen LogP contribution < -0.4 is 0 Å². The van der Waals surface area contributed by atoms with E-state index in [1.165, 1.54) is 11.8 Å². The molecule has 3 rings (SSSR count). The molecule has 6 heteroatoms. The van der Waals surface area contributed by atoms with Crippen LogP contribution in [0.2, 0.25) is 0 Å². The van der Waals surface area contributed by atoms with Crippen LogP contribution in [0.25, 0.3) is 0 Å². The number of hydrogen-bond acceptors (Lipinski definition) is 3. The van der Waals surface area contributed by atoms with Crippen molar-refractivity contribution in [1.29, 1.82) is 0 Å². The zero-order valence-electron chi connectivity index (χ0n) is 13.0. The van der Waals surface area contributed by atoms with Gasteiger partial charge in [0, 0.05) is 22.5 Å². The Morgan fingerprint density at radius 1 is 1.35 bits per heavy atom. The number of amides is 1. The van der Waals surface area contributed by atoms with Crippen LogP contribution in [-0.4, -0.2) is 40.7 Å². The number of benzene rings is 1. The highest BCUT2D eigenvalue weighted by molar-refractivity contribution is 9.10. The average molecular weight is 398 g/mol. The smallest absolute Gasteiger partial charge is 0.308 e. The van der Waals surface area contributed by atoms with Gasteiger partial charge in [-0.15, -0.1) is 11.8 Å². The van der Waals surface area contributed by atoms with Gasteiger partial charge < -0.3 is 10.0 Å². The number of carbonyl (C=O) groups is 2. The van der Waals surface area contributed by atoms with Gasteiger partial charge >= 0.3 is 5.97 Å². The molecule has 0 aromatic heterocycles. The standard InChI is InChI=1S/C17H20BrNO3S/c1-10-6-12(18)4-5-15(10)23-9-16(20)19-7-13(11-2-3-11)14(8-19)17(21)22/h4-6,11,13-14H,2-3,7-9H2,1H3,(H,21,22)/t13-,14+/m1/s1. The monoisotopic (exact) mass is 397 g/mol. The molecule has 1 aromatic carbocycles. The van der Waals surface area contributed by atoms with Crippen molar-refractivity contribution in [3.8, 4) is 0 Å². The molecule has 1 saturated heterocycles. The Labute approximate surface area is 148 Å². The van der Waals surface area contributed by atoms with Gasteiger partial charge in [0.15, 0.2) is 0 Å². The van der Waals surface area contributed by atoms with Crippen molar-refractivity contribution in [3.05, 3.63) is 28.2 Å². The van der Waals surface area contributed by atoms with E-state index in [1.807, 2.05) is 25.1 Å². The molecule has 2 atom stereocenters. The molecule has 2 aliphatic rings. The van der Waals surface area contributed by atoms with E-state index in [0.29, 0.717) is 24.8 Å². The average Bonchev–Trinajstić information content (AvgIpc) is 3.24. The van der Waals surface area contributed by atoms with Crippen molar-refractivity contribution in [2.45, 2.75) is 24.7 Å². The molecule has 1 saturated carbocycles. The number of nitrogens with zero attached hydrogens (tertiary/aromatic N) is 1. The van der Waals surface area contributed by atoms with Crippen LogP contribution in [0.4, 0.5) is 0 Å². The Hall–Kier alpha value is -1.01. The van der Waals surface area contributed by atoms with E-state index in [9.17, 15) is 14.7 Å². The number of carboxylic acids is 1. The summed E-state index contributed by atoms with van der Waals surface area (Å²) < 4.78 is 1.03. The van der Waals surface area contributed by atoms with Crippen molar-refractivity contribution < 1.29 is 14.7 Å². The molecule has 1 heterocycles. The minimum Gasteiger partial charge on any atom is -0.481 e. The fourth-order valence-electron chi connectivity index (χ4n) is 3.30. The number of halogens is 1. The zero-order chi connectivity index (χ0) is 16.6. The van der Waals surface area contributed by atoms with Crippen LogP contribution >= 0.6 is 27.7 Å². The fraction of sp³-hybridized carbons (Fsp3) is 0.529. The number of aliphatic carboxylic acids is 1. The number of hydrogen-bond donors (Lipinski definition) is 1. The van der Waals surface area contributed by atoms with Crippen molar-refractivity contribution in [3.63, 3.8) is 0 Å². The molecule has 1 aromatic rings. The summed E-state index contributed by atoms with van der Waals surface area (Å²) in [6, 6.07) is 6.01. The van der Waals surface area contributed by atoms with E-state index in [1.54, 1.807) is 4.90 Å². The molecule has 1 aliphatic heterocycles. The minimum absolute atomic E-state index is 0.0479. The molecule has 1 N–H and O–H groups in total. The minimum atomic E-state index is -0.756. The Morgan fingerprint density at radius 3 is 2.70 bits per heavy atom. The van der Waals surface area contributed by atoms with Crippen LogP contribution in [0.3, 0.4) is 0 Å². The second-order valence-electron chi connectivity index (χ2n) is 6.44. The third-order valence-corrected chi connectivity index (χ3v) is 6.40. The summed E-state index contributed by atoms with van der Waals surface area (Å²) in [7, 11) is 0. The maximum Gasteiger partial charge on any atom is 0.308 e. The van der Waals surface area contributed by atoms with Gasteiger partial charge in [0.25, 0.3) is 0 Å². The molecule has 0 radical (unpaired) electrons. The Bertz CT molecular complexity index is 632. The van der Waals surface area contributed by atoms with Gasteiger partial charge in [0.1, 0.15) is 0 Å². The predicted molar refractivity (Wildman–Crippen MR) is 93.5 cm³/mol. The first-order valence-electron chi connectivity index (χ1n) is 7.85. The molecule has 0 spiro atoms. The molecular weight excluding hydrogens is 378 g/mol. The molecule has 0 unspecified atom stereocenters. The van der Waals surface area contributed by atoms with E-state index >= 15 is 0 Å². The Balaban J connectivity index is 1.59. The van der Waals surface area contributed by atoms with Crippen molar-refractivity contribution in [1.82, 2.24) is 4.90 Å². The lowest BCUT2D eigenvalue weighted by molar-refractivity contribution is -0.142. The van der Waals surface area contributed by atoms with Crippen molar-refractivity contribution in [2.75, 3.05) is 18.8 Å². The second kappa shape index (κ2) is 6.85. The highest BCUT2D eigenvalue weighted by Gasteiger charge is 2.46.